The minimum absolute atomic E-state index is 0.458. The molecule has 8 heavy (non-hydrogen) atoms. The molecule has 1 saturated carbocycles. The highest BCUT2D eigenvalue weighted by Crippen LogP contribution is 2.26. The third-order valence-corrected chi connectivity index (χ3v) is 1.83. The third-order valence-electron chi connectivity index (χ3n) is 1.83. The Morgan fingerprint density at radius 3 is 2.62 bits per heavy atom. The van der Waals surface area contributed by atoms with Gasteiger partial charge in [-0.1, -0.05) is 13.3 Å². The van der Waals surface area contributed by atoms with E-state index in [0.29, 0.717) is 11.7 Å². The zero-order valence-electron chi connectivity index (χ0n) is 5.31. The van der Waals surface area contributed by atoms with Gasteiger partial charge in [-0.2, -0.15) is 0 Å². The number of ketones is 1. The molecule has 0 bridgehead atoms. The summed E-state index contributed by atoms with van der Waals surface area (Å²) in [5.74, 6) is 0.951. The van der Waals surface area contributed by atoms with Crippen molar-refractivity contribution in [3.8, 4) is 0 Å². The van der Waals surface area contributed by atoms with Crippen molar-refractivity contribution in [1.82, 2.24) is 0 Å². The fourth-order valence-electron chi connectivity index (χ4n) is 1.12. The molecule has 1 aliphatic carbocycles. The molecule has 1 heteroatoms. The van der Waals surface area contributed by atoms with Gasteiger partial charge in [0.15, 0.2) is 0 Å². The summed E-state index contributed by atoms with van der Waals surface area (Å²) in [7, 11) is 0. The van der Waals surface area contributed by atoms with Crippen LogP contribution in [0.1, 0.15) is 32.6 Å². The largest absolute Gasteiger partial charge is 0.299 e. The lowest BCUT2D eigenvalue weighted by atomic mass is 9.81. The van der Waals surface area contributed by atoms with E-state index < -0.39 is 0 Å². The van der Waals surface area contributed by atoms with Gasteiger partial charge in [-0.25, -0.2) is 0 Å². The molecule has 1 rings (SSSR count). The first-order chi connectivity index (χ1) is 3.84. The minimum Gasteiger partial charge on any atom is -0.299 e. The fraction of sp³-hybridized carbons (Fsp3) is 0.857. The van der Waals surface area contributed by atoms with Crippen LogP contribution in [0.3, 0.4) is 0 Å². The highest BCUT2D eigenvalue weighted by Gasteiger charge is 2.26. The van der Waals surface area contributed by atoms with E-state index in [9.17, 15) is 4.79 Å². The smallest absolute Gasteiger partial charge is 0.136 e. The number of hydrogen-bond acceptors (Lipinski definition) is 1. The van der Waals surface area contributed by atoms with Gasteiger partial charge in [0.05, 0.1) is 0 Å². The average molecular weight is 112 g/mol. The van der Waals surface area contributed by atoms with Crippen LogP contribution in [0.5, 0.6) is 0 Å². The standard InChI is InChI=1S/C7H12O/c1-2-3-6-4-5-7(6)8/h6H,2-5H2,1H3/t6-/m1/s1. The predicted molar refractivity (Wildman–Crippen MR) is 32.6 cm³/mol. The van der Waals surface area contributed by atoms with E-state index in [2.05, 4.69) is 6.92 Å². The Morgan fingerprint density at radius 2 is 2.50 bits per heavy atom. The Morgan fingerprint density at radius 1 is 1.75 bits per heavy atom. The van der Waals surface area contributed by atoms with Crippen LogP contribution in [-0.4, -0.2) is 5.78 Å². The zero-order chi connectivity index (χ0) is 5.98. The molecule has 0 aliphatic heterocycles. The molecule has 0 amide bonds. The van der Waals surface area contributed by atoms with Gasteiger partial charge in [-0.05, 0) is 12.8 Å². The van der Waals surface area contributed by atoms with Crippen LogP contribution in [-0.2, 0) is 4.79 Å². The summed E-state index contributed by atoms with van der Waals surface area (Å²) in [6.45, 7) is 2.13. The van der Waals surface area contributed by atoms with Gasteiger partial charge in [0.1, 0.15) is 5.78 Å². The van der Waals surface area contributed by atoms with Gasteiger partial charge in [-0.3, -0.25) is 4.79 Å². The number of rotatable bonds is 2. The van der Waals surface area contributed by atoms with E-state index >= 15 is 0 Å². The van der Waals surface area contributed by atoms with E-state index in [0.717, 1.165) is 25.7 Å². The normalized spacial score (nSPS) is 27.6. The topological polar surface area (TPSA) is 17.1 Å². The molecule has 46 valence electrons. The van der Waals surface area contributed by atoms with Gasteiger partial charge in [0, 0.05) is 12.3 Å². The summed E-state index contributed by atoms with van der Waals surface area (Å²) in [5, 5.41) is 0. The Kier molecular flexibility index (Phi) is 1.66. The first-order valence-electron chi connectivity index (χ1n) is 3.37. The Hall–Kier alpha value is -0.330. The van der Waals surface area contributed by atoms with Gasteiger partial charge in [0.2, 0.25) is 0 Å². The van der Waals surface area contributed by atoms with Crippen LogP contribution in [0.15, 0.2) is 0 Å². The molecular weight excluding hydrogens is 100 g/mol. The highest BCUT2D eigenvalue weighted by atomic mass is 16.1. The number of carbonyl (C=O) groups excluding carboxylic acids is 1. The first kappa shape index (κ1) is 5.80. The van der Waals surface area contributed by atoms with E-state index in [1.165, 1.54) is 0 Å². The SMILES string of the molecule is CCC[C@@H]1CCC1=O. The number of carbonyl (C=O) groups is 1. The molecule has 0 aromatic heterocycles. The second kappa shape index (κ2) is 2.29. The molecule has 0 heterocycles. The average Bonchev–Trinajstić information content (AvgIpc) is 1.79. The maximum absolute atomic E-state index is 10.6. The van der Waals surface area contributed by atoms with Crippen LogP contribution in [0.25, 0.3) is 0 Å². The van der Waals surface area contributed by atoms with Crippen molar-refractivity contribution in [3.05, 3.63) is 0 Å². The zero-order valence-corrected chi connectivity index (χ0v) is 5.31. The molecule has 0 N–H and O–H groups in total. The van der Waals surface area contributed by atoms with Gasteiger partial charge in [-0.15, -0.1) is 0 Å². The van der Waals surface area contributed by atoms with Gasteiger partial charge in [0.25, 0.3) is 0 Å². The summed E-state index contributed by atoms with van der Waals surface area (Å²) < 4.78 is 0. The first-order valence-corrected chi connectivity index (χ1v) is 3.37. The predicted octanol–water partition coefficient (Wildman–Crippen LogP) is 1.77. The molecule has 0 unspecified atom stereocenters. The number of Topliss-reactive ketones (excluding diaryl/α,β-unsaturated/α-hetero) is 1. The summed E-state index contributed by atoms with van der Waals surface area (Å²) in [6.07, 6.45) is 4.30. The van der Waals surface area contributed by atoms with Crippen LogP contribution in [0.2, 0.25) is 0 Å². The van der Waals surface area contributed by atoms with Crippen molar-refractivity contribution in [2.75, 3.05) is 0 Å². The molecule has 0 saturated heterocycles. The highest BCUT2D eigenvalue weighted by molar-refractivity contribution is 5.86. The molecule has 1 aliphatic rings. The summed E-state index contributed by atoms with van der Waals surface area (Å²) >= 11 is 0. The molecule has 0 aromatic carbocycles. The molecular formula is C7H12O. The minimum atomic E-state index is 0.458. The maximum Gasteiger partial charge on any atom is 0.136 e. The molecule has 1 nitrogen and oxygen atoms in total. The molecule has 0 spiro atoms. The maximum atomic E-state index is 10.6. The van der Waals surface area contributed by atoms with E-state index in [1.807, 2.05) is 0 Å². The Labute approximate surface area is 50.1 Å². The van der Waals surface area contributed by atoms with Crippen molar-refractivity contribution in [1.29, 1.82) is 0 Å². The Bertz CT molecular complexity index is 96.6. The second-order valence-electron chi connectivity index (χ2n) is 2.49. The van der Waals surface area contributed by atoms with Crippen molar-refractivity contribution in [2.24, 2.45) is 5.92 Å². The summed E-state index contributed by atoms with van der Waals surface area (Å²) in [4.78, 5) is 10.6. The van der Waals surface area contributed by atoms with Crippen molar-refractivity contribution >= 4 is 5.78 Å². The van der Waals surface area contributed by atoms with E-state index in [4.69, 9.17) is 0 Å². The lowest BCUT2D eigenvalue weighted by Crippen LogP contribution is -2.24. The van der Waals surface area contributed by atoms with Crippen LogP contribution in [0.4, 0.5) is 0 Å². The molecule has 1 atom stereocenters. The van der Waals surface area contributed by atoms with Crippen LogP contribution < -0.4 is 0 Å². The summed E-state index contributed by atoms with van der Waals surface area (Å²) in [5.41, 5.74) is 0. The van der Waals surface area contributed by atoms with E-state index in [1.54, 1.807) is 0 Å². The van der Waals surface area contributed by atoms with Crippen molar-refractivity contribution in [2.45, 2.75) is 32.6 Å². The monoisotopic (exact) mass is 112 g/mol. The molecule has 1 fully saturated rings. The summed E-state index contributed by atoms with van der Waals surface area (Å²) in [6, 6.07) is 0. The fourth-order valence-corrected chi connectivity index (χ4v) is 1.12. The van der Waals surface area contributed by atoms with Crippen LogP contribution in [0, 0.1) is 5.92 Å². The lowest BCUT2D eigenvalue weighted by Gasteiger charge is -2.22. The van der Waals surface area contributed by atoms with Crippen molar-refractivity contribution < 1.29 is 4.79 Å². The van der Waals surface area contributed by atoms with Gasteiger partial charge < -0.3 is 0 Å². The third kappa shape index (κ3) is 0.908. The lowest BCUT2D eigenvalue weighted by molar-refractivity contribution is -0.129. The van der Waals surface area contributed by atoms with Gasteiger partial charge >= 0.3 is 0 Å². The molecule has 0 aromatic rings. The van der Waals surface area contributed by atoms with E-state index in [-0.39, 0.29) is 0 Å². The quantitative estimate of drug-likeness (QED) is 0.532. The van der Waals surface area contributed by atoms with Crippen molar-refractivity contribution in [3.63, 3.8) is 0 Å². The number of hydrogen-bond donors (Lipinski definition) is 0. The van der Waals surface area contributed by atoms with Crippen LogP contribution >= 0.6 is 0 Å². The Balaban J connectivity index is 2.17. The second-order valence-corrected chi connectivity index (χ2v) is 2.49. The molecule has 0 radical (unpaired) electrons.